The average Bonchev–Trinajstić information content (AvgIpc) is 2.73. The van der Waals surface area contributed by atoms with Gasteiger partial charge in [-0.2, -0.15) is 0 Å². The van der Waals surface area contributed by atoms with E-state index in [0.29, 0.717) is 6.42 Å². The van der Waals surface area contributed by atoms with Crippen LogP contribution in [0.3, 0.4) is 0 Å². The predicted molar refractivity (Wildman–Crippen MR) is 116 cm³/mol. The standard InChI is InChI=1S/C14H13NO.C6H7N.2CH5N/c16-14(11-12-7-3-1-4-8-12)15-13-9-5-2-6-10-13;7-6-4-2-1-3-5-6;2*1-2/h1-10H,11H2,(H,15,16);1-5H,7H2;2*2H2,1H3. The topological polar surface area (TPSA) is 107 Å². The molecule has 0 saturated carbocycles. The van der Waals surface area contributed by atoms with Gasteiger partial charge < -0.3 is 22.5 Å². The van der Waals surface area contributed by atoms with E-state index in [1.54, 1.807) is 0 Å². The summed E-state index contributed by atoms with van der Waals surface area (Å²) in [5.74, 6) is 0.0115. The summed E-state index contributed by atoms with van der Waals surface area (Å²) < 4.78 is 0. The molecule has 3 aromatic rings. The highest BCUT2D eigenvalue weighted by Crippen LogP contribution is 2.06. The van der Waals surface area contributed by atoms with Crippen molar-refractivity contribution in [2.45, 2.75) is 6.42 Å². The van der Waals surface area contributed by atoms with Crippen molar-refractivity contribution in [2.24, 2.45) is 11.5 Å². The Morgan fingerprint density at radius 1 is 0.704 bits per heavy atom. The summed E-state index contributed by atoms with van der Waals surface area (Å²) in [6, 6.07) is 28.7. The summed E-state index contributed by atoms with van der Waals surface area (Å²) in [4.78, 5) is 11.7. The van der Waals surface area contributed by atoms with Crippen LogP contribution in [0.15, 0.2) is 91.0 Å². The maximum Gasteiger partial charge on any atom is 0.228 e. The first-order valence-corrected chi connectivity index (χ1v) is 8.59. The van der Waals surface area contributed by atoms with Gasteiger partial charge in [-0.1, -0.05) is 66.7 Å². The zero-order chi connectivity index (χ0) is 20.3. The highest BCUT2D eigenvalue weighted by Gasteiger charge is 2.02. The van der Waals surface area contributed by atoms with Crippen LogP contribution in [0.25, 0.3) is 0 Å². The first-order valence-electron chi connectivity index (χ1n) is 8.59. The van der Waals surface area contributed by atoms with Crippen molar-refractivity contribution in [3.8, 4) is 0 Å². The number of para-hydroxylation sites is 2. The molecule has 0 heterocycles. The van der Waals surface area contributed by atoms with Gasteiger partial charge in [0.1, 0.15) is 0 Å². The number of carbonyl (C=O) groups is 1. The van der Waals surface area contributed by atoms with Gasteiger partial charge in [0.25, 0.3) is 0 Å². The number of benzene rings is 3. The molecule has 1 amide bonds. The van der Waals surface area contributed by atoms with Crippen molar-refractivity contribution in [1.82, 2.24) is 0 Å². The van der Waals surface area contributed by atoms with Crippen molar-refractivity contribution in [2.75, 3.05) is 25.1 Å². The van der Waals surface area contributed by atoms with E-state index in [0.717, 1.165) is 16.9 Å². The smallest absolute Gasteiger partial charge is 0.228 e. The lowest BCUT2D eigenvalue weighted by Gasteiger charge is -2.04. The molecule has 27 heavy (non-hydrogen) atoms. The summed E-state index contributed by atoms with van der Waals surface area (Å²) in [5.41, 5.74) is 17.0. The third-order valence-electron chi connectivity index (χ3n) is 3.06. The average molecular weight is 367 g/mol. The van der Waals surface area contributed by atoms with Crippen LogP contribution in [0.5, 0.6) is 0 Å². The van der Waals surface area contributed by atoms with Crippen LogP contribution in [0, 0.1) is 0 Å². The van der Waals surface area contributed by atoms with Crippen molar-refractivity contribution >= 4 is 17.3 Å². The molecule has 0 spiro atoms. The maximum absolute atomic E-state index is 11.7. The third kappa shape index (κ3) is 11.9. The van der Waals surface area contributed by atoms with Crippen molar-refractivity contribution in [3.05, 3.63) is 96.6 Å². The number of nitrogen functional groups attached to an aromatic ring is 1. The molecule has 3 rings (SSSR count). The number of rotatable bonds is 3. The van der Waals surface area contributed by atoms with Gasteiger partial charge in [0.05, 0.1) is 6.42 Å². The Morgan fingerprint density at radius 2 is 1.11 bits per heavy atom. The Bertz CT molecular complexity index is 661. The Balaban J connectivity index is 0.000000514. The fraction of sp³-hybridized carbons (Fsp3) is 0.136. The number of nitrogens with one attached hydrogen (secondary N) is 1. The lowest BCUT2D eigenvalue weighted by atomic mass is 10.1. The normalized spacial score (nSPS) is 8.44. The van der Waals surface area contributed by atoms with Gasteiger partial charge in [0.15, 0.2) is 0 Å². The number of hydrogen-bond donors (Lipinski definition) is 4. The van der Waals surface area contributed by atoms with Crippen LogP contribution in [0.2, 0.25) is 0 Å². The van der Waals surface area contributed by atoms with E-state index < -0.39 is 0 Å². The van der Waals surface area contributed by atoms with Gasteiger partial charge in [0, 0.05) is 11.4 Å². The van der Waals surface area contributed by atoms with Gasteiger partial charge in [-0.25, -0.2) is 0 Å². The van der Waals surface area contributed by atoms with Crippen molar-refractivity contribution in [3.63, 3.8) is 0 Å². The highest BCUT2D eigenvalue weighted by molar-refractivity contribution is 5.92. The van der Waals surface area contributed by atoms with Crippen molar-refractivity contribution < 1.29 is 4.79 Å². The van der Waals surface area contributed by atoms with Crippen LogP contribution in [-0.2, 0) is 11.2 Å². The lowest BCUT2D eigenvalue weighted by Crippen LogP contribution is -2.14. The molecule has 0 atom stereocenters. The lowest BCUT2D eigenvalue weighted by molar-refractivity contribution is -0.115. The van der Waals surface area contributed by atoms with E-state index in [1.165, 1.54) is 14.1 Å². The molecular weight excluding hydrogens is 336 g/mol. The summed E-state index contributed by atoms with van der Waals surface area (Å²) in [6.07, 6.45) is 0.412. The second-order valence-electron chi connectivity index (χ2n) is 4.99. The molecule has 0 bridgehead atoms. The monoisotopic (exact) mass is 366 g/mol. The minimum absolute atomic E-state index is 0.0115. The van der Waals surface area contributed by atoms with Crippen LogP contribution in [0.1, 0.15) is 5.56 Å². The number of nitrogens with two attached hydrogens (primary N) is 3. The van der Waals surface area contributed by atoms with E-state index in [-0.39, 0.29) is 5.91 Å². The molecule has 0 aliphatic carbocycles. The number of hydrogen-bond acceptors (Lipinski definition) is 4. The van der Waals surface area contributed by atoms with E-state index in [9.17, 15) is 4.79 Å². The first-order chi connectivity index (χ1) is 13.2. The summed E-state index contributed by atoms with van der Waals surface area (Å²) in [7, 11) is 3.00. The highest BCUT2D eigenvalue weighted by atomic mass is 16.1. The van der Waals surface area contributed by atoms with Gasteiger partial charge in [-0.15, -0.1) is 0 Å². The van der Waals surface area contributed by atoms with E-state index in [4.69, 9.17) is 5.73 Å². The number of anilines is 2. The largest absolute Gasteiger partial charge is 0.399 e. The fourth-order valence-electron chi connectivity index (χ4n) is 1.96. The molecular formula is C22H30N4O. The summed E-state index contributed by atoms with van der Waals surface area (Å²) in [5, 5.41) is 2.85. The van der Waals surface area contributed by atoms with Crippen LogP contribution < -0.4 is 22.5 Å². The molecule has 0 unspecified atom stereocenters. The Labute approximate surface area is 162 Å². The van der Waals surface area contributed by atoms with E-state index >= 15 is 0 Å². The molecule has 144 valence electrons. The maximum atomic E-state index is 11.7. The first kappa shape index (κ1) is 23.9. The predicted octanol–water partition coefficient (Wildman–Crippen LogP) is 3.29. The molecule has 0 fully saturated rings. The van der Waals surface area contributed by atoms with Crippen LogP contribution in [-0.4, -0.2) is 20.0 Å². The second kappa shape index (κ2) is 16.3. The molecule has 0 aromatic heterocycles. The zero-order valence-corrected chi connectivity index (χ0v) is 16.0. The zero-order valence-electron chi connectivity index (χ0n) is 16.0. The minimum atomic E-state index is 0.0115. The summed E-state index contributed by atoms with van der Waals surface area (Å²) >= 11 is 0. The Hall–Kier alpha value is -3.15. The van der Waals surface area contributed by atoms with Gasteiger partial charge in [-0.05, 0) is 43.9 Å². The summed E-state index contributed by atoms with van der Waals surface area (Å²) in [6.45, 7) is 0. The quantitative estimate of drug-likeness (QED) is 0.534. The van der Waals surface area contributed by atoms with Gasteiger partial charge in [0.2, 0.25) is 5.91 Å². The number of amides is 1. The van der Waals surface area contributed by atoms with Gasteiger partial charge >= 0.3 is 0 Å². The molecule has 3 aromatic carbocycles. The molecule has 0 aliphatic heterocycles. The van der Waals surface area contributed by atoms with E-state index in [2.05, 4.69) is 16.8 Å². The molecule has 5 heteroatoms. The Morgan fingerprint density at radius 3 is 1.52 bits per heavy atom. The third-order valence-corrected chi connectivity index (χ3v) is 3.06. The molecule has 0 aliphatic rings. The molecule has 0 saturated heterocycles. The Kier molecular flexibility index (Phi) is 14.4. The van der Waals surface area contributed by atoms with Crippen LogP contribution >= 0.6 is 0 Å². The second-order valence-corrected chi connectivity index (χ2v) is 4.99. The van der Waals surface area contributed by atoms with E-state index in [1.807, 2.05) is 91.0 Å². The van der Waals surface area contributed by atoms with Crippen LogP contribution in [0.4, 0.5) is 11.4 Å². The minimum Gasteiger partial charge on any atom is -0.399 e. The van der Waals surface area contributed by atoms with Crippen molar-refractivity contribution in [1.29, 1.82) is 0 Å². The SMILES string of the molecule is CN.CN.Nc1ccccc1.O=C(Cc1ccccc1)Nc1ccccc1. The molecule has 7 N–H and O–H groups in total. The molecule has 0 radical (unpaired) electrons. The molecule has 5 nitrogen and oxygen atoms in total. The fourth-order valence-corrected chi connectivity index (χ4v) is 1.96. The van der Waals surface area contributed by atoms with Gasteiger partial charge in [-0.3, -0.25) is 4.79 Å². The number of carbonyl (C=O) groups excluding carboxylic acids is 1.